The van der Waals surface area contributed by atoms with Crippen LogP contribution in [0.1, 0.15) is 41.6 Å². The number of carbonyl (C=O) groups is 2. The van der Waals surface area contributed by atoms with Crippen LogP contribution in [0.5, 0.6) is 0 Å². The summed E-state index contributed by atoms with van der Waals surface area (Å²) >= 11 is 0. The first-order valence-corrected chi connectivity index (χ1v) is 13.7. The van der Waals surface area contributed by atoms with Crippen LogP contribution in [0, 0.1) is 0 Å². The first-order valence-electron chi connectivity index (χ1n) is 13.7. The molecule has 2 atom stereocenters. The highest BCUT2D eigenvalue weighted by molar-refractivity contribution is 5.84. The largest absolute Gasteiger partial charge is 0.490 e. The number of hydrogen-bond donors (Lipinski definition) is 2. The van der Waals surface area contributed by atoms with E-state index in [2.05, 4.69) is 75.8 Å². The fourth-order valence-corrected chi connectivity index (χ4v) is 4.64. The molecule has 0 aliphatic rings. The number of rotatable bonds is 10. The number of nitrogens with zero attached hydrogens (tertiary/aromatic N) is 1. The molecular formula is C32H33F6N3O3. The second kappa shape index (κ2) is 15.4. The Balaban J connectivity index is 0.000000243. The number of alkyl halides is 6. The van der Waals surface area contributed by atoms with Crippen molar-refractivity contribution in [1.82, 2.24) is 15.2 Å². The number of aromatic amines is 1. The van der Waals surface area contributed by atoms with Crippen molar-refractivity contribution in [3.63, 3.8) is 0 Å². The minimum Gasteiger partial charge on any atom is -0.451 e. The molecule has 2 unspecified atom stereocenters. The predicted octanol–water partition coefficient (Wildman–Crippen LogP) is 7.15. The van der Waals surface area contributed by atoms with Crippen molar-refractivity contribution in [2.45, 2.75) is 37.2 Å². The van der Waals surface area contributed by atoms with E-state index in [-0.39, 0.29) is 5.56 Å². The maximum atomic E-state index is 12.3. The maximum Gasteiger partial charge on any atom is 0.490 e. The van der Waals surface area contributed by atoms with Gasteiger partial charge in [0, 0.05) is 43.0 Å². The molecule has 12 heteroatoms. The van der Waals surface area contributed by atoms with Gasteiger partial charge in [-0.3, -0.25) is 4.79 Å². The summed E-state index contributed by atoms with van der Waals surface area (Å²) in [4.78, 5) is 25.7. The molecule has 44 heavy (non-hydrogen) atoms. The van der Waals surface area contributed by atoms with Crippen molar-refractivity contribution in [1.29, 1.82) is 0 Å². The molecule has 2 N–H and O–H groups in total. The lowest BCUT2D eigenvalue weighted by molar-refractivity contribution is -0.206. The Kier molecular flexibility index (Phi) is 12.0. The first-order chi connectivity index (χ1) is 20.8. The van der Waals surface area contributed by atoms with Gasteiger partial charge in [0.15, 0.2) is 0 Å². The van der Waals surface area contributed by atoms with Crippen LogP contribution >= 0.6 is 0 Å². The van der Waals surface area contributed by atoms with Gasteiger partial charge in [-0.25, -0.2) is 4.79 Å². The zero-order valence-corrected chi connectivity index (χ0v) is 24.1. The number of aromatic nitrogens is 1. The molecule has 236 valence electrons. The van der Waals surface area contributed by atoms with E-state index in [9.17, 15) is 35.9 Å². The van der Waals surface area contributed by atoms with Gasteiger partial charge in [0.05, 0.1) is 0 Å². The van der Waals surface area contributed by atoms with Gasteiger partial charge in [-0.15, -0.1) is 0 Å². The van der Waals surface area contributed by atoms with E-state index < -0.39 is 43.3 Å². The highest BCUT2D eigenvalue weighted by Gasteiger charge is 2.43. The van der Waals surface area contributed by atoms with Crippen molar-refractivity contribution in [3.05, 3.63) is 108 Å². The second-order valence-corrected chi connectivity index (χ2v) is 9.96. The molecule has 0 bridgehead atoms. The van der Waals surface area contributed by atoms with Crippen molar-refractivity contribution in [3.8, 4) is 0 Å². The van der Waals surface area contributed by atoms with Gasteiger partial charge >= 0.3 is 24.2 Å². The second-order valence-electron chi connectivity index (χ2n) is 9.96. The molecule has 4 aromatic rings. The number of hydrogen-bond acceptors (Lipinski definition) is 4. The minimum absolute atomic E-state index is 0.169. The van der Waals surface area contributed by atoms with Crippen molar-refractivity contribution in [2.75, 3.05) is 27.2 Å². The number of halogens is 6. The lowest BCUT2D eigenvalue weighted by Gasteiger charge is -2.23. The van der Waals surface area contributed by atoms with Crippen LogP contribution in [0.2, 0.25) is 0 Å². The molecule has 0 saturated carbocycles. The predicted molar refractivity (Wildman–Crippen MR) is 155 cm³/mol. The van der Waals surface area contributed by atoms with E-state index in [1.807, 2.05) is 7.05 Å². The number of esters is 1. The molecule has 0 spiro atoms. The molecular weight excluding hydrogens is 588 g/mol. The molecule has 3 aromatic carbocycles. The Morgan fingerprint density at radius 2 is 1.39 bits per heavy atom. The van der Waals surface area contributed by atoms with Gasteiger partial charge in [0.25, 0.3) is 0 Å². The highest BCUT2D eigenvalue weighted by Crippen LogP contribution is 2.33. The Labute approximate surface area is 251 Å². The summed E-state index contributed by atoms with van der Waals surface area (Å²) in [5.74, 6) is -4.17. The van der Waals surface area contributed by atoms with E-state index in [1.165, 1.54) is 46.3 Å². The summed E-state index contributed by atoms with van der Waals surface area (Å²) < 4.78 is 78.2. The van der Waals surface area contributed by atoms with Gasteiger partial charge in [0.1, 0.15) is 6.10 Å². The van der Waals surface area contributed by atoms with Crippen LogP contribution < -0.4 is 5.32 Å². The number of ether oxygens (including phenoxy) is 1. The summed E-state index contributed by atoms with van der Waals surface area (Å²) in [6.07, 6.45) is -8.94. The summed E-state index contributed by atoms with van der Waals surface area (Å²) in [5.41, 5.74) is 4.16. The van der Waals surface area contributed by atoms with Crippen LogP contribution in [0.3, 0.4) is 0 Å². The Bertz CT molecular complexity index is 1470. The van der Waals surface area contributed by atoms with Crippen LogP contribution in [0.15, 0.2) is 91.1 Å². The van der Waals surface area contributed by atoms with E-state index in [1.54, 1.807) is 6.07 Å². The van der Waals surface area contributed by atoms with Gasteiger partial charge in [-0.2, -0.15) is 26.3 Å². The van der Waals surface area contributed by atoms with E-state index >= 15 is 0 Å². The summed E-state index contributed by atoms with van der Waals surface area (Å²) in [6.45, 7) is 0.460. The fourth-order valence-electron chi connectivity index (χ4n) is 4.64. The number of fused-ring (bicyclic) bond motifs is 1. The van der Waals surface area contributed by atoms with E-state index in [0.29, 0.717) is 10.8 Å². The quantitative estimate of drug-likeness (QED) is 0.146. The normalized spacial score (nSPS) is 13.0. The van der Waals surface area contributed by atoms with Gasteiger partial charge in [-0.05, 0) is 42.8 Å². The Morgan fingerprint density at radius 3 is 1.95 bits per heavy atom. The number of benzene rings is 3. The van der Waals surface area contributed by atoms with Crippen molar-refractivity contribution >= 4 is 22.8 Å². The Hall–Kier alpha value is -4.32. The molecule has 1 heterocycles. The summed E-state index contributed by atoms with van der Waals surface area (Å²) in [7, 11) is 2.86. The molecule has 0 aliphatic heterocycles. The molecule has 4 rings (SSSR count). The van der Waals surface area contributed by atoms with E-state index in [0.717, 1.165) is 20.0 Å². The molecule has 0 aliphatic carbocycles. The minimum atomic E-state index is -5.24. The lowest BCUT2D eigenvalue weighted by Crippen LogP contribution is -2.39. The van der Waals surface area contributed by atoms with E-state index in [4.69, 9.17) is 0 Å². The van der Waals surface area contributed by atoms with Crippen molar-refractivity contribution in [2.24, 2.45) is 0 Å². The molecule has 6 nitrogen and oxygen atoms in total. The molecule has 0 saturated heterocycles. The number of para-hydroxylation sites is 1. The molecule has 0 radical (unpaired) electrons. The third-order valence-electron chi connectivity index (χ3n) is 6.85. The Morgan fingerprint density at radius 1 is 0.818 bits per heavy atom. The third kappa shape index (κ3) is 9.60. The molecule has 0 fully saturated rings. The number of H-pyrrole nitrogens is 1. The monoisotopic (exact) mass is 621 g/mol. The zero-order valence-electron chi connectivity index (χ0n) is 24.1. The SMILES string of the molecule is CN(CCC(OC(=O)C(F)(F)F)c1ccccc1)C(=O)C(F)(F)F.CNCCC(c1ccccc1)c1c[nH]c2ccccc12. The van der Waals surface area contributed by atoms with Gasteiger partial charge in [0.2, 0.25) is 0 Å². The van der Waals surface area contributed by atoms with Crippen LogP contribution in [-0.2, 0) is 14.3 Å². The maximum absolute atomic E-state index is 12.3. The third-order valence-corrected chi connectivity index (χ3v) is 6.85. The van der Waals surface area contributed by atoms with Gasteiger partial charge < -0.3 is 19.9 Å². The van der Waals surface area contributed by atoms with Gasteiger partial charge in [-0.1, -0.05) is 78.9 Å². The topological polar surface area (TPSA) is 74.4 Å². The van der Waals surface area contributed by atoms with Crippen LogP contribution in [0.25, 0.3) is 10.9 Å². The highest BCUT2D eigenvalue weighted by atomic mass is 19.4. The molecule has 1 aromatic heterocycles. The van der Waals surface area contributed by atoms with Crippen LogP contribution in [0.4, 0.5) is 26.3 Å². The summed E-state index contributed by atoms with van der Waals surface area (Å²) in [5, 5.41) is 4.60. The standard InChI is InChI=1S/C18H20N2.C14H13F6NO3/c1-19-12-11-15(14-7-3-2-4-8-14)17-13-20-18-10-6-5-9-16(17)18;1-21(11(22)13(15,16)17)8-7-10(9-5-3-2-4-6-9)24-12(23)14(18,19)20/h2-10,13,15,19-20H,11-12H2,1H3;2-6,10H,7-8H2,1H3. The fraction of sp³-hybridized carbons (Fsp3) is 0.312. The lowest BCUT2D eigenvalue weighted by atomic mass is 9.88. The zero-order chi connectivity index (χ0) is 32.3. The summed E-state index contributed by atoms with van der Waals surface area (Å²) in [6, 6.07) is 26.5. The van der Waals surface area contributed by atoms with Crippen LogP contribution in [-0.4, -0.2) is 61.3 Å². The smallest absolute Gasteiger partial charge is 0.451 e. The number of amides is 1. The molecule has 1 amide bonds. The number of nitrogens with one attached hydrogen (secondary N) is 2. The average Bonchev–Trinajstić information content (AvgIpc) is 3.43. The van der Waals surface area contributed by atoms with Crippen molar-refractivity contribution < 1.29 is 40.7 Å². The first kappa shape index (κ1) is 34.2. The number of carbonyl (C=O) groups excluding carboxylic acids is 2. The average molecular weight is 622 g/mol.